The molecule has 0 fully saturated rings. The van der Waals surface area contributed by atoms with Crippen LogP contribution in [0.25, 0.3) is 0 Å². The maximum atomic E-state index is 6.42. The first kappa shape index (κ1) is 12.6. The number of aryl methyl sites for hydroxylation is 2. The van der Waals surface area contributed by atoms with Crippen LogP contribution in [0, 0.1) is 6.92 Å². The Morgan fingerprint density at radius 2 is 2.12 bits per heavy atom. The third-order valence-electron chi connectivity index (χ3n) is 2.70. The first-order chi connectivity index (χ1) is 8.19. The Labute approximate surface area is 111 Å². The van der Waals surface area contributed by atoms with Crippen molar-refractivity contribution < 1.29 is 0 Å². The van der Waals surface area contributed by atoms with Gasteiger partial charge in [-0.2, -0.15) is 0 Å². The summed E-state index contributed by atoms with van der Waals surface area (Å²) < 4.78 is 0. The van der Waals surface area contributed by atoms with Crippen LogP contribution in [-0.4, -0.2) is 4.98 Å². The molecule has 0 bridgehead atoms. The molecule has 0 saturated heterocycles. The van der Waals surface area contributed by atoms with Crippen molar-refractivity contribution in [2.24, 2.45) is 0 Å². The fourth-order valence-corrected chi connectivity index (χ4v) is 2.95. The zero-order valence-electron chi connectivity index (χ0n) is 10.1. The number of halogens is 1. The van der Waals surface area contributed by atoms with Gasteiger partial charge in [-0.05, 0) is 37.1 Å². The van der Waals surface area contributed by atoms with E-state index in [0.29, 0.717) is 0 Å². The van der Waals surface area contributed by atoms with E-state index in [1.165, 1.54) is 15.3 Å². The summed E-state index contributed by atoms with van der Waals surface area (Å²) in [6.45, 7) is 4.21. The van der Waals surface area contributed by atoms with Gasteiger partial charge in [0.15, 0.2) is 0 Å². The van der Waals surface area contributed by atoms with E-state index in [-0.39, 0.29) is 5.38 Å². The predicted molar refractivity (Wildman–Crippen MR) is 75.0 cm³/mol. The predicted octanol–water partition coefficient (Wildman–Crippen LogP) is 4.54. The number of alkyl halides is 1. The largest absolute Gasteiger partial charge is 0.261 e. The van der Waals surface area contributed by atoms with Gasteiger partial charge in [0.05, 0.1) is 5.38 Å². The van der Waals surface area contributed by atoms with Crippen LogP contribution in [0.15, 0.2) is 30.5 Å². The van der Waals surface area contributed by atoms with Crippen molar-refractivity contribution in [1.29, 1.82) is 0 Å². The van der Waals surface area contributed by atoms with Crippen LogP contribution >= 0.6 is 22.9 Å². The molecule has 0 N–H and O–H groups in total. The summed E-state index contributed by atoms with van der Waals surface area (Å²) in [6.07, 6.45) is 3.77. The highest BCUT2D eigenvalue weighted by molar-refractivity contribution is 7.12. The van der Waals surface area contributed by atoms with Crippen LogP contribution in [0.5, 0.6) is 0 Å². The normalized spacial score (nSPS) is 12.6. The molecule has 2 rings (SSSR count). The average Bonchev–Trinajstić information content (AvgIpc) is 2.81. The van der Waals surface area contributed by atoms with E-state index < -0.39 is 0 Å². The number of nitrogens with zero attached hydrogens (tertiary/aromatic N) is 1. The SMILES string of the molecule is CCc1ccc(C(Cl)Cc2ccc(C)cn2)s1. The number of hydrogen-bond donors (Lipinski definition) is 0. The molecule has 3 heteroatoms. The summed E-state index contributed by atoms with van der Waals surface area (Å²) in [7, 11) is 0. The highest BCUT2D eigenvalue weighted by Gasteiger charge is 2.12. The van der Waals surface area contributed by atoms with Crippen molar-refractivity contribution in [3.05, 3.63) is 51.5 Å². The fraction of sp³-hybridized carbons (Fsp3) is 0.357. The average molecular weight is 266 g/mol. The number of rotatable bonds is 4. The second-order valence-electron chi connectivity index (χ2n) is 4.16. The van der Waals surface area contributed by atoms with Gasteiger partial charge in [0.2, 0.25) is 0 Å². The van der Waals surface area contributed by atoms with Gasteiger partial charge in [0.25, 0.3) is 0 Å². The molecular formula is C14H16ClNS. The number of aromatic nitrogens is 1. The van der Waals surface area contributed by atoms with E-state index in [4.69, 9.17) is 11.6 Å². The van der Waals surface area contributed by atoms with Gasteiger partial charge in [-0.1, -0.05) is 13.0 Å². The summed E-state index contributed by atoms with van der Waals surface area (Å²) in [4.78, 5) is 7.02. The van der Waals surface area contributed by atoms with Crippen LogP contribution in [-0.2, 0) is 12.8 Å². The molecule has 1 atom stereocenters. The van der Waals surface area contributed by atoms with Crippen molar-refractivity contribution in [1.82, 2.24) is 4.98 Å². The van der Waals surface area contributed by atoms with Crippen LogP contribution in [0.3, 0.4) is 0 Å². The lowest BCUT2D eigenvalue weighted by atomic mass is 10.2. The van der Waals surface area contributed by atoms with Crippen molar-refractivity contribution in [3.8, 4) is 0 Å². The van der Waals surface area contributed by atoms with E-state index in [1.807, 2.05) is 13.1 Å². The molecule has 2 aromatic heterocycles. The molecule has 0 radical (unpaired) electrons. The fourth-order valence-electron chi connectivity index (χ4n) is 1.66. The first-order valence-electron chi connectivity index (χ1n) is 5.83. The molecule has 0 aromatic carbocycles. The van der Waals surface area contributed by atoms with Gasteiger partial charge >= 0.3 is 0 Å². The Hall–Kier alpha value is -0.860. The zero-order valence-corrected chi connectivity index (χ0v) is 11.7. The second kappa shape index (κ2) is 5.65. The van der Waals surface area contributed by atoms with Crippen LogP contribution in [0.1, 0.15) is 33.3 Å². The van der Waals surface area contributed by atoms with E-state index >= 15 is 0 Å². The Morgan fingerprint density at radius 3 is 2.71 bits per heavy atom. The minimum absolute atomic E-state index is 0.0375. The molecule has 0 aliphatic heterocycles. The summed E-state index contributed by atoms with van der Waals surface area (Å²) in [5.41, 5.74) is 2.24. The molecule has 0 saturated carbocycles. The minimum atomic E-state index is 0.0375. The third kappa shape index (κ3) is 3.30. The standard InChI is InChI=1S/C14H16ClNS/c1-3-12-6-7-14(17-12)13(15)8-11-5-4-10(2)9-16-11/h4-7,9,13H,3,8H2,1-2H3. The number of hydrogen-bond acceptors (Lipinski definition) is 2. The van der Waals surface area contributed by atoms with Crippen LogP contribution in [0.4, 0.5) is 0 Å². The molecule has 2 heterocycles. The molecule has 1 nitrogen and oxygen atoms in total. The Bertz CT molecular complexity index is 475. The molecule has 90 valence electrons. The lowest BCUT2D eigenvalue weighted by molar-refractivity contribution is 0.894. The summed E-state index contributed by atoms with van der Waals surface area (Å²) in [5, 5.41) is 0.0375. The maximum absolute atomic E-state index is 6.42. The van der Waals surface area contributed by atoms with E-state index in [0.717, 1.165) is 18.5 Å². The highest BCUT2D eigenvalue weighted by Crippen LogP contribution is 2.30. The quantitative estimate of drug-likeness (QED) is 0.740. The third-order valence-corrected chi connectivity index (χ3v) is 4.56. The zero-order chi connectivity index (χ0) is 12.3. The topological polar surface area (TPSA) is 12.9 Å². The van der Waals surface area contributed by atoms with Crippen molar-refractivity contribution >= 4 is 22.9 Å². The Morgan fingerprint density at radius 1 is 1.29 bits per heavy atom. The lowest BCUT2D eigenvalue weighted by Crippen LogP contribution is -1.96. The molecule has 0 aliphatic carbocycles. The monoisotopic (exact) mass is 265 g/mol. The van der Waals surface area contributed by atoms with E-state index in [1.54, 1.807) is 11.3 Å². The molecule has 0 amide bonds. The van der Waals surface area contributed by atoms with Crippen LogP contribution in [0.2, 0.25) is 0 Å². The van der Waals surface area contributed by atoms with Crippen molar-refractivity contribution in [2.45, 2.75) is 32.1 Å². The first-order valence-corrected chi connectivity index (χ1v) is 7.08. The number of pyridine rings is 1. The molecule has 0 spiro atoms. The van der Waals surface area contributed by atoms with Gasteiger partial charge in [-0.25, -0.2) is 0 Å². The Balaban J connectivity index is 2.05. The summed E-state index contributed by atoms with van der Waals surface area (Å²) in [5.74, 6) is 0. The van der Waals surface area contributed by atoms with Crippen LogP contribution < -0.4 is 0 Å². The highest BCUT2D eigenvalue weighted by atomic mass is 35.5. The molecular weight excluding hydrogens is 250 g/mol. The molecule has 17 heavy (non-hydrogen) atoms. The maximum Gasteiger partial charge on any atom is 0.0733 e. The van der Waals surface area contributed by atoms with Crippen molar-refractivity contribution in [3.63, 3.8) is 0 Å². The molecule has 0 aliphatic rings. The summed E-state index contributed by atoms with van der Waals surface area (Å²) in [6, 6.07) is 8.43. The van der Waals surface area contributed by atoms with Gasteiger partial charge in [-0.15, -0.1) is 22.9 Å². The smallest absolute Gasteiger partial charge is 0.0733 e. The number of thiophene rings is 1. The second-order valence-corrected chi connectivity index (χ2v) is 5.88. The van der Waals surface area contributed by atoms with Gasteiger partial charge in [-0.3, -0.25) is 4.98 Å². The molecule has 2 aromatic rings. The van der Waals surface area contributed by atoms with Crippen molar-refractivity contribution in [2.75, 3.05) is 0 Å². The van der Waals surface area contributed by atoms with Gasteiger partial charge in [0.1, 0.15) is 0 Å². The summed E-state index contributed by atoms with van der Waals surface area (Å²) >= 11 is 8.22. The van der Waals surface area contributed by atoms with E-state index in [2.05, 4.69) is 36.2 Å². The van der Waals surface area contributed by atoms with Gasteiger partial charge in [0, 0.05) is 28.1 Å². The van der Waals surface area contributed by atoms with Gasteiger partial charge < -0.3 is 0 Å². The lowest BCUT2D eigenvalue weighted by Gasteiger charge is -2.06. The minimum Gasteiger partial charge on any atom is -0.261 e. The van der Waals surface area contributed by atoms with E-state index in [9.17, 15) is 0 Å². The Kier molecular flexibility index (Phi) is 4.19. The molecule has 1 unspecified atom stereocenters.